The van der Waals surface area contributed by atoms with E-state index in [4.69, 9.17) is 12.2 Å². The van der Waals surface area contributed by atoms with Crippen LogP contribution >= 0.6 is 23.6 Å². The van der Waals surface area contributed by atoms with E-state index in [1.807, 2.05) is 41.8 Å². The molecule has 0 bridgehead atoms. The number of thiophene rings is 1. The van der Waals surface area contributed by atoms with Crippen molar-refractivity contribution in [3.63, 3.8) is 0 Å². The van der Waals surface area contributed by atoms with Crippen LogP contribution in [0.1, 0.15) is 0 Å². The van der Waals surface area contributed by atoms with E-state index in [-0.39, 0.29) is 5.56 Å². The predicted octanol–water partition coefficient (Wildman–Crippen LogP) is 4.17. The van der Waals surface area contributed by atoms with Gasteiger partial charge in [0.05, 0.1) is 17.3 Å². The van der Waals surface area contributed by atoms with Gasteiger partial charge in [-0.1, -0.05) is 30.3 Å². The van der Waals surface area contributed by atoms with Crippen molar-refractivity contribution >= 4 is 33.8 Å². The molecule has 3 aromatic heterocycles. The number of aromatic amines is 1. The molecule has 0 spiro atoms. The third kappa shape index (κ3) is 2.32. The highest BCUT2D eigenvalue weighted by Gasteiger charge is 2.14. The zero-order chi connectivity index (χ0) is 15.8. The van der Waals surface area contributed by atoms with Gasteiger partial charge in [0, 0.05) is 17.1 Å². The number of nitrogens with zero attached hydrogens (tertiary/aromatic N) is 2. The minimum absolute atomic E-state index is 0.128. The summed E-state index contributed by atoms with van der Waals surface area (Å²) in [4.78, 5) is 21.1. The molecule has 0 radical (unpaired) electrons. The van der Waals surface area contributed by atoms with Crippen LogP contribution in [0.4, 0.5) is 0 Å². The Bertz CT molecular complexity index is 1100. The van der Waals surface area contributed by atoms with Gasteiger partial charge in [0.1, 0.15) is 4.83 Å². The molecule has 0 saturated carbocycles. The number of H-pyrrole nitrogens is 1. The molecule has 0 atom stereocenters. The molecule has 4 rings (SSSR count). The second kappa shape index (κ2) is 5.57. The number of nitrogens with one attached hydrogen (secondary N) is 1. The van der Waals surface area contributed by atoms with E-state index >= 15 is 0 Å². The van der Waals surface area contributed by atoms with E-state index in [2.05, 4.69) is 9.97 Å². The first-order valence-electron chi connectivity index (χ1n) is 6.98. The minimum Gasteiger partial charge on any atom is -0.323 e. The van der Waals surface area contributed by atoms with E-state index in [0.29, 0.717) is 15.8 Å². The minimum atomic E-state index is -0.128. The Kier molecular flexibility index (Phi) is 3.40. The van der Waals surface area contributed by atoms with E-state index in [0.717, 1.165) is 16.0 Å². The van der Waals surface area contributed by atoms with E-state index < -0.39 is 0 Å². The number of benzene rings is 1. The molecule has 4 nitrogen and oxygen atoms in total. The number of fused-ring (bicyclic) bond motifs is 1. The summed E-state index contributed by atoms with van der Waals surface area (Å²) in [6.45, 7) is 0. The summed E-state index contributed by atoms with van der Waals surface area (Å²) in [6.07, 6.45) is 3.30. The monoisotopic (exact) mass is 337 g/mol. The molecule has 0 aliphatic carbocycles. The summed E-state index contributed by atoms with van der Waals surface area (Å²) >= 11 is 6.85. The Balaban J connectivity index is 2.08. The molecule has 0 saturated heterocycles. The van der Waals surface area contributed by atoms with Crippen molar-refractivity contribution in [1.82, 2.24) is 14.5 Å². The Morgan fingerprint density at radius 2 is 1.96 bits per heavy atom. The molecule has 112 valence electrons. The first-order chi connectivity index (χ1) is 11.3. The molecular weight excluding hydrogens is 326 g/mol. The van der Waals surface area contributed by atoms with E-state index in [1.165, 1.54) is 15.9 Å². The van der Waals surface area contributed by atoms with Gasteiger partial charge < -0.3 is 4.98 Å². The highest BCUT2D eigenvalue weighted by molar-refractivity contribution is 7.71. The first kappa shape index (κ1) is 14.0. The maximum Gasteiger partial charge on any atom is 0.268 e. The maximum atomic E-state index is 13.1. The second-order valence-electron chi connectivity index (χ2n) is 5.00. The first-order valence-corrected chi connectivity index (χ1v) is 8.27. The van der Waals surface area contributed by atoms with E-state index in [1.54, 1.807) is 18.5 Å². The van der Waals surface area contributed by atoms with Crippen LogP contribution in [0.5, 0.6) is 0 Å². The second-order valence-corrected chi connectivity index (χ2v) is 6.27. The van der Waals surface area contributed by atoms with Crippen molar-refractivity contribution in [1.29, 1.82) is 0 Å². The number of pyridine rings is 1. The van der Waals surface area contributed by atoms with Gasteiger partial charge in [-0.05, 0) is 29.9 Å². The van der Waals surface area contributed by atoms with Crippen LogP contribution < -0.4 is 5.56 Å². The summed E-state index contributed by atoms with van der Waals surface area (Å²) in [7, 11) is 0. The third-order valence-corrected chi connectivity index (χ3v) is 4.80. The summed E-state index contributed by atoms with van der Waals surface area (Å²) < 4.78 is 1.86. The molecule has 0 fully saturated rings. The average Bonchev–Trinajstić information content (AvgIpc) is 3.00. The quantitative estimate of drug-likeness (QED) is 0.559. The lowest BCUT2D eigenvalue weighted by atomic mass is 10.1. The third-order valence-electron chi connectivity index (χ3n) is 3.62. The Morgan fingerprint density at radius 1 is 1.13 bits per heavy atom. The smallest absolute Gasteiger partial charge is 0.268 e. The van der Waals surface area contributed by atoms with Crippen molar-refractivity contribution in [3.8, 4) is 16.8 Å². The van der Waals surface area contributed by atoms with Crippen molar-refractivity contribution in [2.75, 3.05) is 0 Å². The lowest BCUT2D eigenvalue weighted by Crippen LogP contribution is -2.20. The predicted molar refractivity (Wildman–Crippen MR) is 95.8 cm³/mol. The number of rotatable bonds is 2. The Hall–Kier alpha value is -2.57. The van der Waals surface area contributed by atoms with Crippen LogP contribution in [0.15, 0.2) is 65.0 Å². The number of hydrogen-bond acceptors (Lipinski definition) is 4. The van der Waals surface area contributed by atoms with Crippen molar-refractivity contribution in [3.05, 3.63) is 75.4 Å². The van der Waals surface area contributed by atoms with Crippen molar-refractivity contribution in [2.24, 2.45) is 0 Å². The zero-order valence-corrected chi connectivity index (χ0v) is 13.5. The fourth-order valence-electron chi connectivity index (χ4n) is 2.57. The molecule has 1 N–H and O–H groups in total. The zero-order valence-electron chi connectivity index (χ0n) is 11.9. The SMILES string of the molecule is O=c1c2c(-c3ccccc3)csc2[nH]c(=S)n1-c1cccnc1. The van der Waals surface area contributed by atoms with Crippen molar-refractivity contribution < 1.29 is 0 Å². The topological polar surface area (TPSA) is 50.7 Å². The van der Waals surface area contributed by atoms with Crippen LogP contribution in [0.3, 0.4) is 0 Å². The molecule has 3 heterocycles. The van der Waals surface area contributed by atoms with Gasteiger partial charge >= 0.3 is 0 Å². The van der Waals surface area contributed by atoms with Gasteiger partial charge in [-0.3, -0.25) is 14.3 Å². The van der Waals surface area contributed by atoms with Gasteiger partial charge in [-0.2, -0.15) is 0 Å². The van der Waals surface area contributed by atoms with Crippen LogP contribution in [0.25, 0.3) is 27.0 Å². The van der Waals surface area contributed by atoms with E-state index in [9.17, 15) is 4.79 Å². The fraction of sp³-hybridized carbons (Fsp3) is 0. The largest absolute Gasteiger partial charge is 0.323 e. The van der Waals surface area contributed by atoms with Crippen LogP contribution in [0, 0.1) is 4.77 Å². The lowest BCUT2D eigenvalue weighted by Gasteiger charge is -2.06. The lowest BCUT2D eigenvalue weighted by molar-refractivity contribution is 0.935. The average molecular weight is 337 g/mol. The van der Waals surface area contributed by atoms with Crippen LogP contribution in [-0.2, 0) is 0 Å². The van der Waals surface area contributed by atoms with Gasteiger partial charge in [-0.25, -0.2) is 0 Å². The molecule has 1 aromatic carbocycles. The highest BCUT2D eigenvalue weighted by Crippen LogP contribution is 2.30. The Morgan fingerprint density at radius 3 is 2.70 bits per heavy atom. The standard InChI is InChI=1S/C17H11N3OS2/c21-16-14-13(11-5-2-1-3-6-11)10-23-15(14)19-17(22)20(16)12-7-4-8-18-9-12/h1-10H,(H,19,22). The van der Waals surface area contributed by atoms with Gasteiger partial charge in [-0.15, -0.1) is 11.3 Å². The van der Waals surface area contributed by atoms with Gasteiger partial charge in [0.15, 0.2) is 4.77 Å². The van der Waals surface area contributed by atoms with Crippen LogP contribution in [0.2, 0.25) is 0 Å². The molecule has 23 heavy (non-hydrogen) atoms. The maximum absolute atomic E-state index is 13.1. The summed E-state index contributed by atoms with van der Waals surface area (Å²) in [6, 6.07) is 13.5. The molecule has 4 aromatic rings. The molecule has 0 aliphatic rings. The fourth-order valence-corrected chi connectivity index (χ4v) is 3.89. The van der Waals surface area contributed by atoms with Gasteiger partial charge in [0.2, 0.25) is 0 Å². The number of aromatic nitrogens is 3. The summed E-state index contributed by atoms with van der Waals surface area (Å²) in [5.41, 5.74) is 2.46. The van der Waals surface area contributed by atoms with Crippen molar-refractivity contribution in [2.45, 2.75) is 0 Å². The molecule has 0 amide bonds. The van der Waals surface area contributed by atoms with Gasteiger partial charge in [0.25, 0.3) is 5.56 Å². The molecular formula is C17H11N3OS2. The summed E-state index contributed by atoms with van der Waals surface area (Å²) in [5, 5.41) is 2.64. The van der Waals surface area contributed by atoms with Crippen LogP contribution in [-0.4, -0.2) is 14.5 Å². The number of hydrogen-bond donors (Lipinski definition) is 1. The molecule has 0 aliphatic heterocycles. The summed E-state index contributed by atoms with van der Waals surface area (Å²) in [5.74, 6) is 0. The Labute approximate surface area is 140 Å². The molecule has 6 heteroatoms. The normalized spacial score (nSPS) is 11.0. The highest BCUT2D eigenvalue weighted by atomic mass is 32.1. The molecule has 0 unspecified atom stereocenters.